The van der Waals surface area contributed by atoms with Crippen LogP contribution in [-0.2, 0) is 0 Å². The minimum atomic E-state index is 0.808. The summed E-state index contributed by atoms with van der Waals surface area (Å²) in [6.45, 7) is 0.899. The van der Waals surface area contributed by atoms with Gasteiger partial charge in [0.25, 0.3) is 0 Å². The highest BCUT2D eigenvalue weighted by Gasteiger charge is 1.98. The summed E-state index contributed by atoms with van der Waals surface area (Å²) in [5.41, 5.74) is 3.27. The number of hydrogen-bond acceptors (Lipinski definition) is 1. The number of hydrogen-bond donors (Lipinski definition) is 1. The summed E-state index contributed by atoms with van der Waals surface area (Å²) >= 11 is 0. The molecule has 0 fully saturated rings. The van der Waals surface area contributed by atoms with Gasteiger partial charge in [-0.05, 0) is 23.4 Å². The van der Waals surface area contributed by atoms with Crippen LogP contribution in [0.3, 0.4) is 0 Å². The number of dihydropyridines is 1. The summed E-state index contributed by atoms with van der Waals surface area (Å²) in [5.74, 6) is 0. The molecule has 1 aliphatic heterocycles. The standard InChI is InChI=1S/C11H10BN/c12-11-3-1-9(2-4-11)10-5-7-13-8-6-10/h1-7,13H,8H2. The highest BCUT2D eigenvalue weighted by molar-refractivity contribution is 6.32. The van der Waals surface area contributed by atoms with Gasteiger partial charge in [-0.3, -0.25) is 0 Å². The van der Waals surface area contributed by atoms with Crippen molar-refractivity contribution in [2.45, 2.75) is 0 Å². The molecule has 0 saturated heterocycles. The number of allylic oxidation sites excluding steroid dienone is 2. The third-order valence-electron chi connectivity index (χ3n) is 2.06. The Morgan fingerprint density at radius 2 is 1.92 bits per heavy atom. The van der Waals surface area contributed by atoms with Gasteiger partial charge < -0.3 is 5.32 Å². The average Bonchev–Trinajstić information content (AvgIpc) is 2.20. The van der Waals surface area contributed by atoms with Crippen molar-refractivity contribution in [1.82, 2.24) is 5.32 Å². The number of nitrogens with one attached hydrogen (secondary N) is 1. The molecular formula is C11H10BN. The Labute approximate surface area is 79.6 Å². The van der Waals surface area contributed by atoms with E-state index in [0.717, 1.165) is 12.0 Å². The van der Waals surface area contributed by atoms with Gasteiger partial charge in [-0.25, -0.2) is 0 Å². The van der Waals surface area contributed by atoms with E-state index in [0.29, 0.717) is 0 Å². The van der Waals surface area contributed by atoms with Crippen molar-refractivity contribution in [3.05, 3.63) is 48.2 Å². The molecule has 0 bridgehead atoms. The van der Waals surface area contributed by atoms with Crippen LogP contribution in [0, 0.1) is 0 Å². The first-order valence-electron chi connectivity index (χ1n) is 4.32. The molecule has 0 atom stereocenters. The van der Waals surface area contributed by atoms with Crippen molar-refractivity contribution in [1.29, 1.82) is 0 Å². The third-order valence-corrected chi connectivity index (χ3v) is 2.06. The molecule has 0 amide bonds. The molecule has 2 radical (unpaired) electrons. The van der Waals surface area contributed by atoms with Gasteiger partial charge in [0.2, 0.25) is 0 Å². The zero-order valence-electron chi connectivity index (χ0n) is 7.33. The van der Waals surface area contributed by atoms with Gasteiger partial charge in [0.05, 0.1) is 0 Å². The summed E-state index contributed by atoms with van der Waals surface area (Å²) in [5, 5.41) is 3.11. The lowest BCUT2D eigenvalue weighted by molar-refractivity contribution is 0.976. The lowest BCUT2D eigenvalue weighted by atomic mass is 9.93. The van der Waals surface area contributed by atoms with Crippen LogP contribution in [0.1, 0.15) is 5.56 Å². The minimum absolute atomic E-state index is 0.808. The first kappa shape index (κ1) is 8.18. The Kier molecular flexibility index (Phi) is 2.22. The van der Waals surface area contributed by atoms with Gasteiger partial charge in [0.1, 0.15) is 7.85 Å². The molecule has 0 saturated carbocycles. The van der Waals surface area contributed by atoms with Crippen LogP contribution in [0.15, 0.2) is 42.6 Å². The summed E-state index contributed by atoms with van der Waals surface area (Å²) in [7, 11) is 5.61. The monoisotopic (exact) mass is 167 g/mol. The first-order valence-corrected chi connectivity index (χ1v) is 4.32. The maximum atomic E-state index is 5.61. The third kappa shape index (κ3) is 1.83. The molecule has 0 aromatic heterocycles. The molecule has 1 aliphatic rings. The Bertz CT molecular complexity index is 349. The Morgan fingerprint density at radius 1 is 1.15 bits per heavy atom. The summed E-state index contributed by atoms with van der Waals surface area (Å²) in [6, 6.07) is 7.92. The van der Waals surface area contributed by atoms with Gasteiger partial charge in [0.15, 0.2) is 0 Å². The molecule has 2 heteroatoms. The van der Waals surface area contributed by atoms with Gasteiger partial charge >= 0.3 is 0 Å². The largest absolute Gasteiger partial charge is 0.387 e. The molecule has 1 N–H and O–H groups in total. The van der Waals surface area contributed by atoms with Crippen LogP contribution in [0.2, 0.25) is 0 Å². The molecule has 1 nitrogen and oxygen atoms in total. The quantitative estimate of drug-likeness (QED) is 0.614. The summed E-state index contributed by atoms with van der Waals surface area (Å²) in [4.78, 5) is 0. The average molecular weight is 167 g/mol. The van der Waals surface area contributed by atoms with E-state index < -0.39 is 0 Å². The van der Waals surface area contributed by atoms with E-state index in [9.17, 15) is 0 Å². The van der Waals surface area contributed by atoms with Crippen molar-refractivity contribution >= 4 is 18.9 Å². The van der Waals surface area contributed by atoms with E-state index in [2.05, 4.69) is 17.5 Å². The SMILES string of the molecule is [B]c1ccc(C2=CCNC=C2)cc1. The fraction of sp³-hybridized carbons (Fsp3) is 0.0909. The van der Waals surface area contributed by atoms with Crippen molar-refractivity contribution in [3.63, 3.8) is 0 Å². The second-order valence-corrected chi connectivity index (χ2v) is 3.02. The molecule has 0 unspecified atom stereocenters. The summed E-state index contributed by atoms with van der Waals surface area (Å²) in [6.07, 6.45) is 6.19. The second kappa shape index (κ2) is 3.52. The van der Waals surface area contributed by atoms with Crippen LogP contribution in [-0.4, -0.2) is 14.4 Å². The Hall–Kier alpha value is -1.44. The molecule has 0 spiro atoms. The van der Waals surface area contributed by atoms with Gasteiger partial charge in [-0.1, -0.05) is 35.8 Å². The van der Waals surface area contributed by atoms with Crippen LogP contribution in [0.4, 0.5) is 0 Å². The van der Waals surface area contributed by atoms with E-state index in [1.165, 1.54) is 11.1 Å². The highest BCUT2D eigenvalue weighted by atomic mass is 14.8. The zero-order chi connectivity index (χ0) is 9.10. The van der Waals surface area contributed by atoms with Gasteiger partial charge in [-0.15, -0.1) is 0 Å². The number of rotatable bonds is 1. The predicted octanol–water partition coefficient (Wildman–Crippen LogP) is 0.981. The first-order chi connectivity index (χ1) is 6.36. The predicted molar refractivity (Wildman–Crippen MR) is 56.9 cm³/mol. The van der Waals surface area contributed by atoms with Crippen LogP contribution >= 0.6 is 0 Å². The van der Waals surface area contributed by atoms with Gasteiger partial charge in [-0.2, -0.15) is 0 Å². The molecule has 1 heterocycles. The summed E-state index contributed by atoms with van der Waals surface area (Å²) < 4.78 is 0. The fourth-order valence-corrected chi connectivity index (χ4v) is 1.34. The van der Waals surface area contributed by atoms with Crippen LogP contribution < -0.4 is 10.8 Å². The van der Waals surface area contributed by atoms with Crippen molar-refractivity contribution < 1.29 is 0 Å². The topological polar surface area (TPSA) is 12.0 Å². The van der Waals surface area contributed by atoms with Crippen LogP contribution in [0.5, 0.6) is 0 Å². The maximum absolute atomic E-state index is 5.61. The van der Waals surface area contributed by atoms with E-state index in [4.69, 9.17) is 7.85 Å². The zero-order valence-corrected chi connectivity index (χ0v) is 7.33. The molecule has 62 valence electrons. The van der Waals surface area contributed by atoms with E-state index in [-0.39, 0.29) is 0 Å². The van der Waals surface area contributed by atoms with Crippen molar-refractivity contribution in [3.8, 4) is 0 Å². The highest BCUT2D eigenvalue weighted by Crippen LogP contribution is 2.15. The lowest BCUT2D eigenvalue weighted by Crippen LogP contribution is -2.08. The van der Waals surface area contributed by atoms with Crippen molar-refractivity contribution in [2.24, 2.45) is 0 Å². The molecule has 1 aromatic rings. The smallest absolute Gasteiger partial charge is 0.113 e. The number of benzene rings is 1. The van der Waals surface area contributed by atoms with E-state index >= 15 is 0 Å². The minimum Gasteiger partial charge on any atom is -0.387 e. The van der Waals surface area contributed by atoms with Crippen molar-refractivity contribution in [2.75, 3.05) is 6.54 Å². The molecule has 0 aliphatic carbocycles. The van der Waals surface area contributed by atoms with Crippen LogP contribution in [0.25, 0.3) is 5.57 Å². The Morgan fingerprint density at radius 3 is 2.54 bits per heavy atom. The van der Waals surface area contributed by atoms with E-state index in [1.807, 2.05) is 30.5 Å². The Balaban J connectivity index is 2.30. The van der Waals surface area contributed by atoms with E-state index in [1.54, 1.807) is 0 Å². The normalized spacial score (nSPS) is 14.9. The molecule has 13 heavy (non-hydrogen) atoms. The fourth-order valence-electron chi connectivity index (χ4n) is 1.34. The molecule has 2 rings (SSSR count). The second-order valence-electron chi connectivity index (χ2n) is 3.02. The molecule has 1 aromatic carbocycles. The van der Waals surface area contributed by atoms with Gasteiger partial charge in [0, 0.05) is 6.54 Å². The molecular weight excluding hydrogens is 157 g/mol. The maximum Gasteiger partial charge on any atom is 0.113 e. The lowest BCUT2D eigenvalue weighted by Gasteiger charge is -2.08.